The van der Waals surface area contributed by atoms with Gasteiger partial charge in [0.05, 0.1) is 5.69 Å². The number of hydrogen-bond donors (Lipinski definition) is 1. The lowest BCUT2D eigenvalue weighted by Crippen LogP contribution is -2.10. The molecule has 2 aromatic rings. The number of aryl methyl sites for hydroxylation is 1. The number of pyridine rings is 1. The average molecular weight is 241 g/mol. The van der Waals surface area contributed by atoms with Gasteiger partial charge < -0.3 is 0 Å². The van der Waals surface area contributed by atoms with Gasteiger partial charge in [-0.05, 0) is 37.5 Å². The molecule has 3 nitrogen and oxygen atoms in total. The van der Waals surface area contributed by atoms with Crippen molar-refractivity contribution in [2.45, 2.75) is 44.9 Å². The third-order valence-electron chi connectivity index (χ3n) is 3.75. The molecule has 3 rings (SSSR count). The van der Waals surface area contributed by atoms with Gasteiger partial charge in [-0.2, -0.15) is 5.10 Å². The molecule has 0 radical (unpaired) electrons. The van der Waals surface area contributed by atoms with Crippen molar-refractivity contribution < 1.29 is 0 Å². The van der Waals surface area contributed by atoms with Crippen LogP contribution in [0.3, 0.4) is 0 Å². The van der Waals surface area contributed by atoms with E-state index in [1.54, 1.807) is 0 Å². The second kappa shape index (κ2) is 4.92. The van der Waals surface area contributed by atoms with Crippen molar-refractivity contribution >= 4 is 0 Å². The van der Waals surface area contributed by atoms with Crippen LogP contribution < -0.4 is 0 Å². The molecule has 18 heavy (non-hydrogen) atoms. The van der Waals surface area contributed by atoms with Crippen molar-refractivity contribution in [3.8, 4) is 11.3 Å². The molecular formula is C15H19N3. The van der Waals surface area contributed by atoms with E-state index in [1.165, 1.54) is 36.2 Å². The fourth-order valence-corrected chi connectivity index (χ4v) is 2.44. The van der Waals surface area contributed by atoms with E-state index in [0.29, 0.717) is 5.92 Å². The minimum Gasteiger partial charge on any atom is -0.282 e. The number of nitrogens with zero attached hydrogens (tertiary/aromatic N) is 2. The first kappa shape index (κ1) is 11.5. The van der Waals surface area contributed by atoms with Crippen molar-refractivity contribution in [3.05, 3.63) is 35.8 Å². The predicted molar refractivity (Wildman–Crippen MR) is 72.4 cm³/mol. The molecule has 0 spiro atoms. The van der Waals surface area contributed by atoms with E-state index in [-0.39, 0.29) is 0 Å². The molecule has 0 unspecified atom stereocenters. The molecule has 1 aliphatic rings. The van der Waals surface area contributed by atoms with Crippen molar-refractivity contribution in [1.82, 2.24) is 15.2 Å². The Balaban J connectivity index is 1.85. The molecular weight excluding hydrogens is 222 g/mol. The maximum atomic E-state index is 4.49. The van der Waals surface area contributed by atoms with Crippen molar-refractivity contribution in [3.63, 3.8) is 0 Å². The fraction of sp³-hybridized carbons (Fsp3) is 0.467. The topological polar surface area (TPSA) is 41.6 Å². The normalized spacial score (nSPS) is 15.6. The summed E-state index contributed by atoms with van der Waals surface area (Å²) in [6.45, 7) is 2.18. The van der Waals surface area contributed by atoms with Crippen LogP contribution in [0.5, 0.6) is 0 Å². The minimum absolute atomic E-state index is 0.680. The number of H-pyrrole nitrogens is 1. The van der Waals surface area contributed by atoms with Crippen LogP contribution in [0, 0.1) is 0 Å². The standard InChI is InChI=1S/C15H19N3/c1-2-4-13-10-15(18-17-13)12-7-8-16-14(9-12)11-5-3-6-11/h7-11H,2-6H2,1H3,(H,17,18). The van der Waals surface area contributed by atoms with Gasteiger partial charge in [-0.3, -0.25) is 10.1 Å². The largest absolute Gasteiger partial charge is 0.282 e. The Hall–Kier alpha value is -1.64. The van der Waals surface area contributed by atoms with E-state index in [4.69, 9.17) is 0 Å². The number of hydrogen-bond acceptors (Lipinski definition) is 2. The molecule has 1 aliphatic carbocycles. The number of rotatable bonds is 4. The molecule has 0 atom stereocenters. The lowest BCUT2D eigenvalue weighted by atomic mass is 9.82. The van der Waals surface area contributed by atoms with Crippen molar-refractivity contribution in [2.24, 2.45) is 0 Å². The smallest absolute Gasteiger partial charge is 0.0924 e. The minimum atomic E-state index is 0.680. The highest BCUT2D eigenvalue weighted by Gasteiger charge is 2.21. The molecule has 0 aliphatic heterocycles. The fourth-order valence-electron chi connectivity index (χ4n) is 2.44. The van der Waals surface area contributed by atoms with E-state index in [0.717, 1.165) is 18.5 Å². The number of aromatic amines is 1. The highest BCUT2D eigenvalue weighted by molar-refractivity contribution is 5.59. The highest BCUT2D eigenvalue weighted by atomic mass is 15.1. The van der Waals surface area contributed by atoms with E-state index in [1.807, 2.05) is 12.3 Å². The van der Waals surface area contributed by atoms with Gasteiger partial charge in [0.2, 0.25) is 0 Å². The number of nitrogens with one attached hydrogen (secondary N) is 1. The predicted octanol–water partition coefficient (Wildman–Crippen LogP) is 3.69. The lowest BCUT2D eigenvalue weighted by Gasteiger charge is -2.24. The summed E-state index contributed by atoms with van der Waals surface area (Å²) >= 11 is 0. The van der Waals surface area contributed by atoms with Gasteiger partial charge in [0.25, 0.3) is 0 Å². The van der Waals surface area contributed by atoms with E-state index in [2.05, 4.69) is 34.2 Å². The molecule has 0 amide bonds. The SMILES string of the molecule is CCCc1cc(-c2ccnc(C3CCC3)c2)n[nH]1. The molecule has 0 bridgehead atoms. The van der Waals surface area contributed by atoms with Crippen LogP contribution in [0.1, 0.15) is 49.9 Å². The Kier molecular flexibility index (Phi) is 3.13. The van der Waals surface area contributed by atoms with Gasteiger partial charge >= 0.3 is 0 Å². The molecule has 3 heteroatoms. The molecule has 1 N–H and O–H groups in total. The van der Waals surface area contributed by atoms with Crippen LogP contribution in [0.4, 0.5) is 0 Å². The van der Waals surface area contributed by atoms with Crippen molar-refractivity contribution in [2.75, 3.05) is 0 Å². The summed E-state index contributed by atoms with van der Waals surface area (Å²) in [6.07, 6.45) is 8.05. The zero-order valence-electron chi connectivity index (χ0n) is 10.8. The zero-order valence-corrected chi connectivity index (χ0v) is 10.8. The maximum absolute atomic E-state index is 4.49. The molecule has 2 aromatic heterocycles. The quantitative estimate of drug-likeness (QED) is 0.887. The summed E-state index contributed by atoms with van der Waals surface area (Å²) in [5.74, 6) is 0.680. The summed E-state index contributed by atoms with van der Waals surface area (Å²) in [5.41, 5.74) is 4.68. The molecule has 1 saturated carbocycles. The summed E-state index contributed by atoms with van der Waals surface area (Å²) in [6, 6.07) is 6.41. The summed E-state index contributed by atoms with van der Waals surface area (Å²) in [4.78, 5) is 4.49. The van der Waals surface area contributed by atoms with E-state index >= 15 is 0 Å². The maximum Gasteiger partial charge on any atom is 0.0924 e. The monoisotopic (exact) mass is 241 g/mol. The Labute approximate surface area is 108 Å². The summed E-state index contributed by atoms with van der Waals surface area (Å²) in [5, 5.41) is 7.51. The molecule has 1 fully saturated rings. The molecule has 94 valence electrons. The van der Waals surface area contributed by atoms with E-state index in [9.17, 15) is 0 Å². The van der Waals surface area contributed by atoms with Crippen LogP contribution >= 0.6 is 0 Å². The molecule has 0 aromatic carbocycles. The lowest BCUT2D eigenvalue weighted by molar-refractivity contribution is 0.411. The molecule has 2 heterocycles. The average Bonchev–Trinajstić information content (AvgIpc) is 2.76. The Bertz CT molecular complexity index is 526. The first-order valence-electron chi connectivity index (χ1n) is 6.87. The highest BCUT2D eigenvalue weighted by Crippen LogP contribution is 2.36. The third kappa shape index (κ3) is 2.17. The summed E-state index contributed by atoms with van der Waals surface area (Å²) < 4.78 is 0. The first-order chi connectivity index (χ1) is 8.86. The van der Waals surface area contributed by atoms with E-state index < -0.39 is 0 Å². The summed E-state index contributed by atoms with van der Waals surface area (Å²) in [7, 11) is 0. The van der Waals surface area contributed by atoms with Crippen LogP contribution in [0.25, 0.3) is 11.3 Å². The van der Waals surface area contributed by atoms with Crippen LogP contribution in [0.2, 0.25) is 0 Å². The second-order valence-electron chi connectivity index (χ2n) is 5.13. The number of aromatic nitrogens is 3. The zero-order chi connectivity index (χ0) is 12.4. The van der Waals surface area contributed by atoms with Gasteiger partial charge in [-0.25, -0.2) is 0 Å². The second-order valence-corrected chi connectivity index (χ2v) is 5.13. The van der Waals surface area contributed by atoms with Gasteiger partial charge in [0.15, 0.2) is 0 Å². The van der Waals surface area contributed by atoms with Crippen molar-refractivity contribution in [1.29, 1.82) is 0 Å². The Morgan fingerprint density at radius 3 is 2.94 bits per heavy atom. The third-order valence-corrected chi connectivity index (χ3v) is 3.75. The van der Waals surface area contributed by atoms with Gasteiger partial charge in [-0.15, -0.1) is 0 Å². The van der Waals surface area contributed by atoms with Gasteiger partial charge in [-0.1, -0.05) is 19.8 Å². The van der Waals surface area contributed by atoms with Crippen LogP contribution in [-0.2, 0) is 6.42 Å². The van der Waals surface area contributed by atoms with Gasteiger partial charge in [0.1, 0.15) is 0 Å². The van der Waals surface area contributed by atoms with Gasteiger partial charge in [0, 0.05) is 29.1 Å². The first-order valence-corrected chi connectivity index (χ1v) is 6.87. The van der Waals surface area contributed by atoms with Crippen LogP contribution in [0.15, 0.2) is 24.4 Å². The Morgan fingerprint density at radius 1 is 1.33 bits per heavy atom. The Morgan fingerprint density at radius 2 is 2.22 bits per heavy atom. The molecule has 0 saturated heterocycles. The van der Waals surface area contributed by atoms with Crippen LogP contribution in [-0.4, -0.2) is 15.2 Å².